The van der Waals surface area contributed by atoms with Crippen molar-refractivity contribution in [2.24, 2.45) is 0 Å². The Morgan fingerprint density at radius 1 is 0.532 bits per heavy atom. The molecule has 0 bridgehead atoms. The van der Waals surface area contributed by atoms with Gasteiger partial charge in [0.25, 0.3) is 0 Å². The first-order chi connectivity index (χ1) is 28.3. The third-order valence-electron chi connectivity index (χ3n) is 11.7. The monoisotopic (exact) mass is 1050 g/mol. The minimum Gasteiger partial charge on any atom is -1.00 e. The number of benzene rings is 6. The molecule has 9 heteroatoms. The molecule has 0 unspecified atom stereocenters. The Bertz CT molecular complexity index is 2630. The van der Waals surface area contributed by atoms with Gasteiger partial charge in [-0.05, 0) is 0 Å². The summed E-state index contributed by atoms with van der Waals surface area (Å²) in [5.74, 6) is 0. The molecule has 0 aromatic heterocycles. The molecule has 6 aromatic carbocycles. The van der Waals surface area contributed by atoms with Crippen molar-refractivity contribution in [1.82, 2.24) is 0 Å². The fourth-order valence-corrected chi connectivity index (χ4v) is 18.0. The molecule has 2 aliphatic carbocycles. The van der Waals surface area contributed by atoms with Crippen LogP contribution in [0.5, 0.6) is 0 Å². The predicted octanol–water partition coefficient (Wildman–Crippen LogP) is 10.2. The van der Waals surface area contributed by atoms with Crippen LogP contribution >= 0.6 is 69.6 Å². The molecule has 0 nitrogen and oxygen atoms in total. The molecule has 8 rings (SSSR count). The smallest absolute Gasteiger partial charge is 1.00 e. The van der Waals surface area contributed by atoms with E-state index in [2.05, 4.69) is 163 Å². The van der Waals surface area contributed by atoms with Gasteiger partial charge in [0.1, 0.15) is 0 Å². The van der Waals surface area contributed by atoms with Gasteiger partial charge in [-0.25, -0.2) is 0 Å². The normalized spacial score (nSPS) is 13.3. The Morgan fingerprint density at radius 3 is 1.47 bits per heavy atom. The van der Waals surface area contributed by atoms with Crippen LogP contribution < -0.4 is 28.1 Å². The van der Waals surface area contributed by atoms with Gasteiger partial charge in [0.05, 0.1) is 0 Å². The molecule has 0 saturated heterocycles. The summed E-state index contributed by atoms with van der Waals surface area (Å²) in [4.78, 5) is 0. The standard InChI is InChI=1S/C33H33.C15H8Cl6.C5H5.2ClH.Zr/c1-32(2,3)30-20-26-24(18-28(30)22-13-9-7-10-14-22)17-25-19-29(23-15-11-8-12-16-23)31(21-27(25)26)33(4,5)6;16-14(17,18)12-5-1-10(2-6-12)9-11-3-7-13(8-4-11)15(19,20)21;1-2-4-5-3-1;;;/h7-16,18,20-21H,17H2,1-6H3;1-8H;1-3H,4H2;2*1H;/q;;;;;+2/p-2. The fourth-order valence-electron chi connectivity index (χ4n) is 8.81. The first-order valence-electron chi connectivity index (χ1n) is 20.3. The first kappa shape index (κ1) is 49.3. The van der Waals surface area contributed by atoms with Crippen molar-refractivity contribution < 1.29 is 46.1 Å². The number of halogens is 8. The Labute approximate surface area is 417 Å². The average Bonchev–Trinajstić information content (AvgIpc) is 3.87. The van der Waals surface area contributed by atoms with E-state index in [-0.39, 0.29) is 35.6 Å². The number of hydrogen-bond acceptors (Lipinski definition) is 0. The van der Waals surface area contributed by atoms with Crippen molar-refractivity contribution >= 4 is 76.1 Å². The largest absolute Gasteiger partial charge is 1.00 e. The number of hydrogen-bond donors (Lipinski definition) is 0. The molecule has 0 heterocycles. The van der Waals surface area contributed by atoms with E-state index in [1.54, 1.807) is 0 Å². The van der Waals surface area contributed by atoms with Crippen molar-refractivity contribution in [2.75, 3.05) is 0 Å². The van der Waals surface area contributed by atoms with E-state index in [9.17, 15) is 0 Å². The number of allylic oxidation sites excluding steroid dienone is 4. The van der Waals surface area contributed by atoms with E-state index in [0.29, 0.717) is 11.1 Å². The van der Waals surface area contributed by atoms with Crippen LogP contribution in [0.3, 0.4) is 0 Å². The SMILES string of the molecule is CC(C)(C)c1cc2c(cc1-c1ccccc1)Cc1c-2cc(C(C)(C)C)c(-c2ccccc2)[c]1[Zr+2]([C]1=CC=CC1)=[C](c1ccc(C(Cl)(Cl)Cl)cc1)c1ccc(C(Cl)(Cl)Cl)cc1.[Cl-].[Cl-]. The van der Waals surface area contributed by atoms with Gasteiger partial charge >= 0.3 is 397 Å². The van der Waals surface area contributed by atoms with Crippen molar-refractivity contribution in [2.45, 2.75) is 72.8 Å². The van der Waals surface area contributed by atoms with Crippen LogP contribution in [-0.2, 0) is 46.1 Å². The van der Waals surface area contributed by atoms with E-state index >= 15 is 0 Å². The van der Waals surface area contributed by atoms with Gasteiger partial charge in [-0.15, -0.1) is 0 Å². The summed E-state index contributed by atoms with van der Waals surface area (Å²) in [5.41, 5.74) is 16.5. The maximum atomic E-state index is 6.46. The Morgan fingerprint density at radius 2 is 1.02 bits per heavy atom. The molecule has 2 aliphatic rings. The van der Waals surface area contributed by atoms with Crippen LogP contribution in [-0.4, -0.2) is 3.21 Å². The minimum atomic E-state index is -3.34. The van der Waals surface area contributed by atoms with Gasteiger partial charge in [-0.1, -0.05) is 0 Å². The summed E-state index contributed by atoms with van der Waals surface area (Å²) >= 11 is 35.4. The molecule has 0 fully saturated rings. The zero-order valence-electron chi connectivity index (χ0n) is 35.3. The van der Waals surface area contributed by atoms with Gasteiger partial charge in [-0.2, -0.15) is 0 Å². The fraction of sp³-hybridized carbons (Fsp3) is 0.226. The summed E-state index contributed by atoms with van der Waals surface area (Å²) in [7, 11) is 0. The number of fused-ring (bicyclic) bond motifs is 3. The van der Waals surface area contributed by atoms with E-state index < -0.39 is 28.9 Å². The molecule has 62 heavy (non-hydrogen) atoms. The van der Waals surface area contributed by atoms with Gasteiger partial charge < -0.3 is 24.8 Å². The summed E-state index contributed by atoms with van der Waals surface area (Å²) in [5, 5.41) is 0. The Kier molecular flexibility index (Phi) is 15.1. The van der Waals surface area contributed by atoms with Crippen molar-refractivity contribution in [3.63, 3.8) is 0 Å². The molecule has 0 aliphatic heterocycles. The number of rotatable bonds is 6. The second-order valence-corrected chi connectivity index (χ2v) is 28.3. The third kappa shape index (κ3) is 9.99. The maximum Gasteiger partial charge on any atom is -1.00 e. The van der Waals surface area contributed by atoms with Gasteiger partial charge in [0.15, 0.2) is 0 Å². The number of alkyl halides is 6. The van der Waals surface area contributed by atoms with E-state index in [0.717, 1.165) is 24.0 Å². The Hall–Kier alpha value is -2.13. The van der Waals surface area contributed by atoms with Crippen molar-refractivity contribution in [3.8, 4) is 33.4 Å². The van der Waals surface area contributed by atoms with Crippen molar-refractivity contribution in [3.05, 3.63) is 193 Å². The van der Waals surface area contributed by atoms with Gasteiger partial charge in [-0.3, -0.25) is 0 Å². The summed E-state index contributed by atoms with van der Waals surface area (Å²) in [6.45, 7) is 14.1. The Balaban J connectivity index is 0.00000321. The molecule has 318 valence electrons. The van der Waals surface area contributed by atoms with Crippen LogP contribution in [0.15, 0.2) is 149 Å². The molecular weight excluding hydrogens is 1010 g/mol. The molecule has 0 atom stereocenters. The van der Waals surface area contributed by atoms with Crippen LogP contribution in [0.4, 0.5) is 0 Å². The molecule has 0 spiro atoms. The molecule has 0 amide bonds. The average molecular weight is 1060 g/mol. The molecule has 0 radical (unpaired) electrons. The molecule has 0 saturated carbocycles. The minimum absolute atomic E-state index is 0. The molecule has 6 aromatic rings. The van der Waals surface area contributed by atoms with Crippen LogP contribution in [0.1, 0.15) is 92.5 Å². The predicted molar refractivity (Wildman–Crippen MR) is 259 cm³/mol. The summed E-state index contributed by atoms with van der Waals surface area (Å²) in [6.07, 6.45) is 8.65. The van der Waals surface area contributed by atoms with Gasteiger partial charge in [0.2, 0.25) is 0 Å². The van der Waals surface area contributed by atoms with Gasteiger partial charge in [0, 0.05) is 0 Å². The zero-order valence-corrected chi connectivity index (χ0v) is 43.8. The van der Waals surface area contributed by atoms with Crippen LogP contribution in [0.2, 0.25) is 0 Å². The second-order valence-electron chi connectivity index (χ2n) is 17.9. The first-order valence-corrected chi connectivity index (χ1v) is 26.2. The second kappa shape index (κ2) is 19.0. The summed E-state index contributed by atoms with van der Waals surface area (Å²) in [6, 6.07) is 45.7. The van der Waals surface area contributed by atoms with E-state index in [1.165, 1.54) is 65.4 Å². The van der Waals surface area contributed by atoms with Crippen molar-refractivity contribution in [1.29, 1.82) is 0 Å². The molecule has 0 N–H and O–H groups in total. The topological polar surface area (TPSA) is 0 Å². The zero-order chi connectivity index (χ0) is 42.8. The quantitative estimate of drug-likeness (QED) is 0.146. The van der Waals surface area contributed by atoms with Crippen LogP contribution in [0, 0.1) is 0 Å². The van der Waals surface area contributed by atoms with E-state index in [1.807, 2.05) is 24.3 Å². The molecular formula is C53H46Cl8Zr. The van der Waals surface area contributed by atoms with E-state index in [4.69, 9.17) is 69.6 Å². The summed E-state index contributed by atoms with van der Waals surface area (Å²) < 4.78 is 1.21. The third-order valence-corrected chi connectivity index (χ3v) is 20.7. The maximum absolute atomic E-state index is 6.46. The van der Waals surface area contributed by atoms with Crippen LogP contribution in [0.25, 0.3) is 33.4 Å².